The van der Waals surface area contributed by atoms with E-state index in [1.165, 1.54) is 12.0 Å². The molecule has 0 aromatic heterocycles. The number of nitrogens with zero attached hydrogens (tertiary/aromatic N) is 1. The summed E-state index contributed by atoms with van der Waals surface area (Å²) in [4.78, 5) is 2.37. The first-order valence-electron chi connectivity index (χ1n) is 6.28. The second-order valence-electron chi connectivity index (χ2n) is 5.44. The lowest BCUT2D eigenvalue weighted by molar-refractivity contribution is 0.0590. The molecule has 2 nitrogen and oxygen atoms in total. The summed E-state index contributed by atoms with van der Waals surface area (Å²) in [6.45, 7) is 10.8. The highest BCUT2D eigenvalue weighted by Gasteiger charge is 2.33. The van der Waals surface area contributed by atoms with Crippen molar-refractivity contribution in [1.82, 2.24) is 4.90 Å². The van der Waals surface area contributed by atoms with Gasteiger partial charge in [0.25, 0.3) is 0 Å². The fourth-order valence-electron chi connectivity index (χ4n) is 2.43. The van der Waals surface area contributed by atoms with Crippen molar-refractivity contribution in [2.45, 2.75) is 27.2 Å². The molecule has 0 radical (unpaired) electrons. The molecule has 0 aromatic carbocycles. The zero-order chi connectivity index (χ0) is 11.6. The zero-order valence-electron chi connectivity index (χ0n) is 10.7. The molecule has 1 unspecified atom stereocenters. The Bertz CT molecular complexity index is 298. The third-order valence-corrected chi connectivity index (χ3v) is 4.20. The molecular formula is C14H23NO. The molecule has 2 rings (SSSR count). The monoisotopic (exact) mass is 221 g/mol. The summed E-state index contributed by atoms with van der Waals surface area (Å²) in [6, 6.07) is 0. The van der Waals surface area contributed by atoms with E-state index in [2.05, 4.69) is 44.0 Å². The van der Waals surface area contributed by atoms with E-state index in [-0.39, 0.29) is 0 Å². The molecule has 0 bridgehead atoms. The van der Waals surface area contributed by atoms with Gasteiger partial charge in [-0.15, -0.1) is 0 Å². The minimum atomic E-state index is 0.336. The average molecular weight is 221 g/mol. The molecular weight excluding hydrogens is 198 g/mol. The topological polar surface area (TPSA) is 12.5 Å². The van der Waals surface area contributed by atoms with Crippen molar-refractivity contribution >= 4 is 0 Å². The predicted molar refractivity (Wildman–Crippen MR) is 67.2 cm³/mol. The Hall–Kier alpha value is -0.760. The van der Waals surface area contributed by atoms with E-state index in [1.54, 1.807) is 0 Å². The Morgan fingerprint density at radius 1 is 1.38 bits per heavy atom. The Labute approximate surface area is 99.0 Å². The van der Waals surface area contributed by atoms with Crippen LogP contribution in [0.25, 0.3) is 0 Å². The van der Waals surface area contributed by atoms with Crippen molar-refractivity contribution in [2.24, 2.45) is 11.3 Å². The smallest absolute Gasteiger partial charge is 0.0642 e. The van der Waals surface area contributed by atoms with E-state index < -0.39 is 0 Å². The van der Waals surface area contributed by atoms with Gasteiger partial charge in [-0.3, -0.25) is 0 Å². The molecule has 1 heterocycles. The third-order valence-electron chi connectivity index (χ3n) is 4.20. The van der Waals surface area contributed by atoms with Crippen LogP contribution in [-0.4, -0.2) is 31.2 Å². The van der Waals surface area contributed by atoms with Crippen molar-refractivity contribution in [3.63, 3.8) is 0 Å². The number of rotatable bonds is 2. The Balaban J connectivity index is 1.92. The van der Waals surface area contributed by atoms with Crippen LogP contribution in [-0.2, 0) is 4.74 Å². The number of hydrogen-bond donors (Lipinski definition) is 0. The van der Waals surface area contributed by atoms with Gasteiger partial charge < -0.3 is 9.64 Å². The molecule has 1 fully saturated rings. The number of hydrogen-bond acceptors (Lipinski definition) is 2. The van der Waals surface area contributed by atoms with Crippen LogP contribution in [0.4, 0.5) is 0 Å². The third kappa shape index (κ3) is 2.32. The highest BCUT2D eigenvalue weighted by atomic mass is 16.5. The van der Waals surface area contributed by atoms with Crippen molar-refractivity contribution < 1.29 is 4.74 Å². The highest BCUT2D eigenvalue weighted by molar-refractivity contribution is 5.21. The molecule has 0 amide bonds. The minimum absolute atomic E-state index is 0.336. The Morgan fingerprint density at radius 3 is 2.62 bits per heavy atom. The van der Waals surface area contributed by atoms with Gasteiger partial charge in [-0.1, -0.05) is 31.6 Å². The van der Waals surface area contributed by atoms with Gasteiger partial charge in [-0.05, 0) is 30.9 Å². The molecule has 0 N–H and O–H groups in total. The summed E-state index contributed by atoms with van der Waals surface area (Å²) in [7, 11) is 0. The molecule has 1 atom stereocenters. The second kappa shape index (κ2) is 4.62. The lowest BCUT2D eigenvalue weighted by Gasteiger charge is -2.29. The van der Waals surface area contributed by atoms with Crippen LogP contribution >= 0.6 is 0 Å². The summed E-state index contributed by atoms with van der Waals surface area (Å²) < 4.78 is 5.34. The number of morpholine rings is 1. The summed E-state index contributed by atoms with van der Waals surface area (Å²) in [6.07, 6.45) is 8.24. The molecule has 1 aliphatic carbocycles. The lowest BCUT2D eigenvalue weighted by atomic mass is 9.78. The van der Waals surface area contributed by atoms with Gasteiger partial charge in [0, 0.05) is 13.1 Å². The second-order valence-corrected chi connectivity index (χ2v) is 5.44. The molecule has 1 aliphatic heterocycles. The summed E-state index contributed by atoms with van der Waals surface area (Å²) in [5.74, 6) is 0.662. The molecule has 2 aliphatic rings. The Morgan fingerprint density at radius 2 is 2.06 bits per heavy atom. The van der Waals surface area contributed by atoms with Crippen LogP contribution in [0.15, 0.2) is 23.9 Å². The normalized spacial score (nSPS) is 29.8. The van der Waals surface area contributed by atoms with E-state index in [1.807, 2.05) is 0 Å². The molecule has 90 valence electrons. The van der Waals surface area contributed by atoms with Gasteiger partial charge in [0.1, 0.15) is 0 Å². The van der Waals surface area contributed by atoms with Gasteiger partial charge in [0.05, 0.1) is 13.2 Å². The fourth-order valence-corrected chi connectivity index (χ4v) is 2.43. The summed E-state index contributed by atoms with van der Waals surface area (Å²) >= 11 is 0. The van der Waals surface area contributed by atoms with Gasteiger partial charge in [0.15, 0.2) is 0 Å². The van der Waals surface area contributed by atoms with Crippen LogP contribution in [0.5, 0.6) is 0 Å². The van der Waals surface area contributed by atoms with Gasteiger partial charge in [-0.25, -0.2) is 0 Å². The van der Waals surface area contributed by atoms with Crippen LogP contribution in [0.3, 0.4) is 0 Å². The van der Waals surface area contributed by atoms with E-state index in [4.69, 9.17) is 4.74 Å². The van der Waals surface area contributed by atoms with Crippen LogP contribution in [0.2, 0.25) is 0 Å². The first-order valence-corrected chi connectivity index (χ1v) is 6.28. The highest BCUT2D eigenvalue weighted by Crippen LogP contribution is 2.43. The summed E-state index contributed by atoms with van der Waals surface area (Å²) in [5.41, 5.74) is 1.87. The molecule has 0 saturated carbocycles. The predicted octanol–water partition coefficient (Wildman–Crippen LogP) is 2.82. The van der Waals surface area contributed by atoms with Crippen molar-refractivity contribution in [2.75, 3.05) is 26.3 Å². The number of ether oxygens (including phenoxy) is 1. The van der Waals surface area contributed by atoms with Gasteiger partial charge >= 0.3 is 0 Å². The van der Waals surface area contributed by atoms with E-state index in [9.17, 15) is 0 Å². The largest absolute Gasteiger partial charge is 0.378 e. The quantitative estimate of drug-likeness (QED) is 0.665. The van der Waals surface area contributed by atoms with E-state index >= 15 is 0 Å². The first kappa shape index (κ1) is 11.7. The van der Waals surface area contributed by atoms with E-state index in [0.29, 0.717) is 11.3 Å². The Kier molecular flexibility index (Phi) is 3.38. The van der Waals surface area contributed by atoms with Crippen LogP contribution in [0, 0.1) is 11.3 Å². The molecule has 1 saturated heterocycles. The average Bonchev–Trinajstić information content (AvgIpc) is 2.53. The van der Waals surface area contributed by atoms with E-state index in [0.717, 1.165) is 26.3 Å². The molecule has 2 heteroatoms. The van der Waals surface area contributed by atoms with Crippen molar-refractivity contribution in [3.05, 3.63) is 23.9 Å². The molecule has 0 spiro atoms. The fraction of sp³-hybridized carbons (Fsp3) is 0.714. The van der Waals surface area contributed by atoms with Crippen LogP contribution < -0.4 is 0 Å². The van der Waals surface area contributed by atoms with Gasteiger partial charge in [-0.2, -0.15) is 0 Å². The minimum Gasteiger partial charge on any atom is -0.378 e. The molecule has 0 aromatic rings. The van der Waals surface area contributed by atoms with Gasteiger partial charge in [0.2, 0.25) is 0 Å². The standard InChI is InChI=1S/C14H23NO/c1-12-4-5-13(14(12,2)3)6-7-15-8-10-16-11-9-15/h4,6-7,13H,5,8-11H2,1-3H3. The maximum Gasteiger partial charge on any atom is 0.0642 e. The van der Waals surface area contributed by atoms with Crippen molar-refractivity contribution in [1.29, 1.82) is 0 Å². The first-order chi connectivity index (χ1) is 7.60. The summed E-state index contributed by atoms with van der Waals surface area (Å²) in [5, 5.41) is 0. The lowest BCUT2D eigenvalue weighted by Crippen LogP contribution is -2.32. The molecule has 16 heavy (non-hydrogen) atoms. The maximum absolute atomic E-state index is 5.34. The maximum atomic E-state index is 5.34. The number of allylic oxidation sites excluding steroid dienone is 3. The zero-order valence-corrected chi connectivity index (χ0v) is 10.7. The van der Waals surface area contributed by atoms with Crippen molar-refractivity contribution in [3.8, 4) is 0 Å². The van der Waals surface area contributed by atoms with Crippen LogP contribution in [0.1, 0.15) is 27.2 Å². The SMILES string of the molecule is CC1=CCC(C=CN2CCOCC2)C1(C)C.